The van der Waals surface area contributed by atoms with Crippen LogP contribution in [0.4, 0.5) is 0 Å². The molecule has 2 aromatic rings. The van der Waals surface area contributed by atoms with Crippen molar-refractivity contribution in [1.29, 1.82) is 0 Å². The molecular weight excluding hydrogens is 274 g/mol. The zero-order chi connectivity index (χ0) is 14.5. The lowest BCUT2D eigenvalue weighted by Gasteiger charge is -2.24. The molecule has 0 radical (unpaired) electrons. The molecule has 2 heterocycles. The van der Waals surface area contributed by atoms with E-state index in [9.17, 15) is 8.42 Å². The summed E-state index contributed by atoms with van der Waals surface area (Å²) in [6, 6.07) is 7.97. The first-order valence-corrected chi connectivity index (χ1v) is 8.14. The maximum atomic E-state index is 11.8. The summed E-state index contributed by atoms with van der Waals surface area (Å²) < 4.78 is 25.2. The van der Waals surface area contributed by atoms with Gasteiger partial charge in [-0.05, 0) is 31.1 Å². The molecule has 0 bridgehead atoms. The molecule has 20 heavy (non-hydrogen) atoms. The van der Waals surface area contributed by atoms with Gasteiger partial charge in [0.1, 0.15) is 5.82 Å². The average Bonchev–Trinajstić information content (AvgIpc) is 2.77. The first-order chi connectivity index (χ1) is 9.32. The summed E-state index contributed by atoms with van der Waals surface area (Å²) in [5.74, 6) is 0.624. The van der Waals surface area contributed by atoms with Gasteiger partial charge in [-0.1, -0.05) is 24.3 Å². The molecule has 0 amide bonds. The SMILES string of the molecule is CC1(C)c2ccccc2C=Cn2c1nnc2S(C)(=O)=O. The number of aromatic nitrogens is 3. The van der Waals surface area contributed by atoms with Crippen molar-refractivity contribution in [3.63, 3.8) is 0 Å². The highest BCUT2D eigenvalue weighted by Gasteiger charge is 2.34. The van der Waals surface area contributed by atoms with Crippen molar-refractivity contribution < 1.29 is 8.42 Å². The Labute approximate surface area is 117 Å². The minimum absolute atomic E-state index is 0.0235. The summed E-state index contributed by atoms with van der Waals surface area (Å²) in [5.41, 5.74) is 1.74. The highest BCUT2D eigenvalue weighted by Crippen LogP contribution is 2.36. The van der Waals surface area contributed by atoms with Gasteiger partial charge in [0, 0.05) is 12.5 Å². The van der Waals surface area contributed by atoms with Crippen LogP contribution in [0.15, 0.2) is 29.4 Å². The lowest BCUT2D eigenvalue weighted by Crippen LogP contribution is -2.23. The standard InChI is InChI=1S/C14H15N3O2S/c1-14(2)11-7-5-4-6-10(11)8-9-17-12(14)15-16-13(17)20(3,18)19/h4-9H,1-3H3. The van der Waals surface area contributed by atoms with Crippen LogP contribution in [0, 0.1) is 0 Å². The van der Waals surface area contributed by atoms with E-state index >= 15 is 0 Å². The Morgan fingerprint density at radius 2 is 1.85 bits per heavy atom. The molecule has 1 aromatic heterocycles. The van der Waals surface area contributed by atoms with E-state index in [1.165, 1.54) is 0 Å². The highest BCUT2D eigenvalue weighted by molar-refractivity contribution is 7.90. The van der Waals surface area contributed by atoms with Crippen molar-refractivity contribution in [1.82, 2.24) is 14.8 Å². The number of sulfone groups is 1. The van der Waals surface area contributed by atoms with Crippen molar-refractivity contribution in [3.05, 3.63) is 41.2 Å². The second-order valence-corrected chi connectivity index (χ2v) is 7.39. The molecule has 3 rings (SSSR count). The summed E-state index contributed by atoms with van der Waals surface area (Å²) in [4.78, 5) is 0. The van der Waals surface area contributed by atoms with Gasteiger partial charge in [0.25, 0.3) is 5.16 Å². The Hall–Kier alpha value is -1.95. The minimum Gasteiger partial charge on any atom is -0.276 e. The molecule has 1 aliphatic heterocycles. The van der Waals surface area contributed by atoms with Gasteiger partial charge in [0.05, 0.1) is 5.41 Å². The molecule has 0 spiro atoms. The number of fused-ring (bicyclic) bond motifs is 2. The van der Waals surface area contributed by atoms with Crippen LogP contribution in [0.1, 0.15) is 30.8 Å². The lowest BCUT2D eigenvalue weighted by molar-refractivity contribution is 0.571. The predicted molar refractivity (Wildman–Crippen MR) is 76.9 cm³/mol. The van der Waals surface area contributed by atoms with Crippen LogP contribution in [-0.4, -0.2) is 29.4 Å². The third-order valence-electron chi connectivity index (χ3n) is 3.59. The molecule has 1 aliphatic rings. The van der Waals surface area contributed by atoms with Gasteiger partial charge in [0.2, 0.25) is 9.84 Å². The van der Waals surface area contributed by atoms with Crippen LogP contribution in [0.25, 0.3) is 12.3 Å². The second-order valence-electron chi connectivity index (χ2n) is 5.48. The number of benzene rings is 1. The number of nitrogens with zero attached hydrogens (tertiary/aromatic N) is 3. The van der Waals surface area contributed by atoms with Crippen molar-refractivity contribution in [2.75, 3.05) is 6.26 Å². The van der Waals surface area contributed by atoms with Crippen molar-refractivity contribution in [2.45, 2.75) is 24.4 Å². The summed E-state index contributed by atoms with van der Waals surface area (Å²) in [6.07, 6.45) is 4.76. The molecule has 0 unspecified atom stereocenters. The minimum atomic E-state index is -3.42. The second kappa shape index (κ2) is 4.02. The van der Waals surface area contributed by atoms with E-state index < -0.39 is 15.3 Å². The molecule has 0 N–H and O–H groups in total. The van der Waals surface area contributed by atoms with Gasteiger partial charge in [-0.3, -0.25) is 4.57 Å². The Kier molecular flexibility index (Phi) is 2.62. The fourth-order valence-electron chi connectivity index (χ4n) is 2.58. The Morgan fingerprint density at radius 3 is 2.55 bits per heavy atom. The Balaban J connectivity index is 2.35. The normalized spacial score (nSPS) is 16.4. The van der Waals surface area contributed by atoms with Crippen LogP contribution in [0.2, 0.25) is 0 Å². The largest absolute Gasteiger partial charge is 0.276 e. The summed E-state index contributed by atoms with van der Waals surface area (Å²) in [5, 5.41) is 7.95. The van der Waals surface area contributed by atoms with Crippen molar-refractivity contribution in [3.8, 4) is 0 Å². The van der Waals surface area contributed by atoms with Crippen molar-refractivity contribution >= 4 is 22.1 Å². The fourth-order valence-corrected chi connectivity index (χ4v) is 3.27. The van der Waals surface area contributed by atoms with Gasteiger partial charge >= 0.3 is 0 Å². The van der Waals surface area contributed by atoms with Gasteiger partial charge < -0.3 is 0 Å². The van der Waals surface area contributed by atoms with Gasteiger partial charge in [-0.15, -0.1) is 10.2 Å². The molecule has 0 fully saturated rings. The molecule has 0 atom stereocenters. The summed E-state index contributed by atoms with van der Waals surface area (Å²) in [6.45, 7) is 4.04. The summed E-state index contributed by atoms with van der Waals surface area (Å²) in [7, 11) is -3.42. The molecule has 0 aliphatic carbocycles. The first-order valence-electron chi connectivity index (χ1n) is 6.25. The van der Waals surface area contributed by atoms with E-state index in [0.717, 1.165) is 17.4 Å². The topological polar surface area (TPSA) is 64.8 Å². The van der Waals surface area contributed by atoms with Crippen LogP contribution in [0.3, 0.4) is 0 Å². The number of hydrogen-bond donors (Lipinski definition) is 0. The third kappa shape index (κ3) is 1.79. The van der Waals surface area contributed by atoms with Gasteiger partial charge in [-0.25, -0.2) is 8.42 Å². The zero-order valence-electron chi connectivity index (χ0n) is 11.5. The smallest absolute Gasteiger partial charge is 0.253 e. The highest BCUT2D eigenvalue weighted by atomic mass is 32.2. The van der Waals surface area contributed by atoms with Crippen LogP contribution >= 0.6 is 0 Å². The van der Waals surface area contributed by atoms with E-state index in [4.69, 9.17) is 0 Å². The zero-order valence-corrected chi connectivity index (χ0v) is 12.3. The fraction of sp³-hybridized carbons (Fsp3) is 0.286. The van der Waals surface area contributed by atoms with Crippen molar-refractivity contribution in [2.24, 2.45) is 0 Å². The average molecular weight is 289 g/mol. The van der Waals surface area contributed by atoms with E-state index in [1.807, 2.05) is 44.2 Å². The Bertz CT molecular complexity index is 817. The van der Waals surface area contributed by atoms with Gasteiger partial charge in [0.15, 0.2) is 0 Å². The molecule has 6 heteroatoms. The number of hydrogen-bond acceptors (Lipinski definition) is 4. The van der Waals surface area contributed by atoms with E-state index in [1.54, 1.807) is 10.8 Å². The van der Waals surface area contributed by atoms with Crippen LogP contribution in [0.5, 0.6) is 0 Å². The van der Waals surface area contributed by atoms with Crippen LogP contribution in [-0.2, 0) is 15.3 Å². The molecule has 1 aromatic carbocycles. The maximum Gasteiger partial charge on any atom is 0.253 e. The molecular formula is C14H15N3O2S. The lowest BCUT2D eigenvalue weighted by atomic mass is 9.81. The predicted octanol–water partition coefficient (Wildman–Crippen LogP) is 1.95. The summed E-state index contributed by atoms with van der Waals surface area (Å²) >= 11 is 0. The maximum absolute atomic E-state index is 11.8. The molecule has 0 saturated heterocycles. The van der Waals surface area contributed by atoms with E-state index in [0.29, 0.717) is 5.82 Å². The molecule has 0 saturated carbocycles. The van der Waals surface area contributed by atoms with E-state index in [-0.39, 0.29) is 5.16 Å². The molecule has 5 nitrogen and oxygen atoms in total. The Morgan fingerprint density at radius 1 is 1.15 bits per heavy atom. The monoisotopic (exact) mass is 289 g/mol. The van der Waals surface area contributed by atoms with Crippen LogP contribution < -0.4 is 0 Å². The number of rotatable bonds is 1. The quantitative estimate of drug-likeness (QED) is 0.805. The van der Waals surface area contributed by atoms with Gasteiger partial charge in [-0.2, -0.15) is 0 Å². The molecule has 104 valence electrons. The first kappa shape index (κ1) is 13.1. The third-order valence-corrected chi connectivity index (χ3v) is 4.53. The van der Waals surface area contributed by atoms with E-state index in [2.05, 4.69) is 10.2 Å².